The second-order valence-electron chi connectivity index (χ2n) is 2.47. The summed E-state index contributed by atoms with van der Waals surface area (Å²) < 4.78 is 5.15. The maximum Gasteiger partial charge on any atom is 0.135 e. The van der Waals surface area contributed by atoms with Crippen LogP contribution in [0, 0.1) is 6.92 Å². The standard InChI is InChI=1S/C8H8N2OS/c1-5-6(2-3-11-5)8-10-7(9)4-12-8/h2-4H,9H2,1H3. The van der Waals surface area contributed by atoms with Gasteiger partial charge in [-0.05, 0) is 13.0 Å². The minimum absolute atomic E-state index is 0.565. The van der Waals surface area contributed by atoms with Gasteiger partial charge in [-0.15, -0.1) is 11.3 Å². The molecule has 2 aromatic rings. The zero-order chi connectivity index (χ0) is 8.55. The van der Waals surface area contributed by atoms with E-state index in [4.69, 9.17) is 10.2 Å². The third-order valence-electron chi connectivity index (χ3n) is 1.61. The van der Waals surface area contributed by atoms with Gasteiger partial charge < -0.3 is 10.2 Å². The Labute approximate surface area is 73.8 Å². The lowest BCUT2D eigenvalue weighted by molar-refractivity contribution is 0.535. The largest absolute Gasteiger partial charge is 0.469 e. The number of furan rings is 1. The third-order valence-corrected chi connectivity index (χ3v) is 2.50. The zero-order valence-electron chi connectivity index (χ0n) is 6.57. The number of nitrogen functional groups attached to an aromatic ring is 1. The summed E-state index contributed by atoms with van der Waals surface area (Å²) in [6.45, 7) is 1.91. The minimum Gasteiger partial charge on any atom is -0.469 e. The molecule has 12 heavy (non-hydrogen) atoms. The second kappa shape index (κ2) is 2.64. The first kappa shape index (κ1) is 7.36. The maximum atomic E-state index is 5.50. The Hall–Kier alpha value is -1.29. The van der Waals surface area contributed by atoms with Crippen molar-refractivity contribution in [3.8, 4) is 10.6 Å². The molecule has 0 unspecified atom stereocenters. The highest BCUT2D eigenvalue weighted by Crippen LogP contribution is 2.27. The molecule has 0 aliphatic rings. The SMILES string of the molecule is Cc1occc1-c1nc(N)cs1. The molecule has 62 valence electrons. The van der Waals surface area contributed by atoms with E-state index in [-0.39, 0.29) is 0 Å². The van der Waals surface area contributed by atoms with Crippen LogP contribution in [-0.2, 0) is 0 Å². The molecule has 0 aliphatic heterocycles. The van der Waals surface area contributed by atoms with Gasteiger partial charge >= 0.3 is 0 Å². The molecular weight excluding hydrogens is 172 g/mol. The molecule has 0 amide bonds. The lowest BCUT2D eigenvalue weighted by atomic mass is 10.3. The van der Waals surface area contributed by atoms with E-state index in [9.17, 15) is 0 Å². The zero-order valence-corrected chi connectivity index (χ0v) is 7.39. The predicted octanol–water partition coefficient (Wildman–Crippen LogP) is 2.29. The van der Waals surface area contributed by atoms with Crippen LogP contribution in [0.25, 0.3) is 10.6 Å². The van der Waals surface area contributed by atoms with Gasteiger partial charge in [0.05, 0.1) is 11.8 Å². The molecule has 2 aromatic heterocycles. The average molecular weight is 180 g/mol. The van der Waals surface area contributed by atoms with Gasteiger partial charge in [0, 0.05) is 5.38 Å². The molecule has 0 saturated heterocycles. The number of nitrogens with zero attached hydrogens (tertiary/aromatic N) is 1. The summed E-state index contributed by atoms with van der Waals surface area (Å²) in [5.41, 5.74) is 6.53. The molecule has 0 atom stereocenters. The van der Waals surface area contributed by atoms with Crippen LogP contribution in [0.2, 0.25) is 0 Å². The Bertz CT molecular complexity index is 391. The van der Waals surface area contributed by atoms with E-state index in [0.29, 0.717) is 5.82 Å². The molecule has 0 fully saturated rings. The summed E-state index contributed by atoms with van der Waals surface area (Å²) in [5, 5.41) is 2.74. The molecule has 4 heteroatoms. The molecule has 0 spiro atoms. The molecular formula is C8H8N2OS. The highest BCUT2D eigenvalue weighted by Gasteiger charge is 2.07. The molecule has 0 bridgehead atoms. The van der Waals surface area contributed by atoms with E-state index in [2.05, 4.69) is 4.98 Å². The number of nitrogens with two attached hydrogens (primary N) is 1. The molecule has 2 heterocycles. The lowest BCUT2D eigenvalue weighted by Gasteiger charge is -1.89. The van der Waals surface area contributed by atoms with Gasteiger partial charge in [-0.2, -0.15) is 0 Å². The van der Waals surface area contributed by atoms with Crippen LogP contribution in [0.15, 0.2) is 22.1 Å². The van der Waals surface area contributed by atoms with Crippen molar-refractivity contribution in [1.29, 1.82) is 0 Å². The van der Waals surface area contributed by atoms with Gasteiger partial charge in [-0.3, -0.25) is 0 Å². The van der Waals surface area contributed by atoms with Crippen molar-refractivity contribution < 1.29 is 4.42 Å². The molecule has 0 aromatic carbocycles. The predicted molar refractivity (Wildman–Crippen MR) is 49.0 cm³/mol. The Morgan fingerprint density at radius 3 is 2.92 bits per heavy atom. The van der Waals surface area contributed by atoms with Crippen molar-refractivity contribution in [1.82, 2.24) is 4.98 Å². The van der Waals surface area contributed by atoms with Gasteiger partial charge in [0.25, 0.3) is 0 Å². The van der Waals surface area contributed by atoms with Gasteiger partial charge in [-0.1, -0.05) is 0 Å². The Balaban J connectivity index is 2.50. The fourth-order valence-electron chi connectivity index (χ4n) is 1.02. The van der Waals surface area contributed by atoms with Crippen molar-refractivity contribution in [2.75, 3.05) is 5.73 Å². The van der Waals surface area contributed by atoms with E-state index in [1.54, 1.807) is 6.26 Å². The highest BCUT2D eigenvalue weighted by molar-refractivity contribution is 7.13. The van der Waals surface area contributed by atoms with E-state index >= 15 is 0 Å². The fraction of sp³-hybridized carbons (Fsp3) is 0.125. The van der Waals surface area contributed by atoms with Crippen molar-refractivity contribution in [2.24, 2.45) is 0 Å². The second-order valence-corrected chi connectivity index (χ2v) is 3.33. The van der Waals surface area contributed by atoms with Crippen molar-refractivity contribution in [3.63, 3.8) is 0 Å². The average Bonchev–Trinajstić information content (AvgIpc) is 2.58. The Morgan fingerprint density at radius 1 is 1.58 bits per heavy atom. The number of anilines is 1. The summed E-state index contributed by atoms with van der Waals surface area (Å²) in [5.74, 6) is 1.44. The summed E-state index contributed by atoms with van der Waals surface area (Å²) in [6, 6.07) is 1.90. The van der Waals surface area contributed by atoms with Crippen LogP contribution in [0.4, 0.5) is 5.82 Å². The lowest BCUT2D eigenvalue weighted by Crippen LogP contribution is -1.83. The first-order valence-electron chi connectivity index (χ1n) is 3.53. The van der Waals surface area contributed by atoms with E-state index in [1.165, 1.54) is 11.3 Å². The van der Waals surface area contributed by atoms with E-state index in [0.717, 1.165) is 16.3 Å². The topological polar surface area (TPSA) is 52.0 Å². The van der Waals surface area contributed by atoms with Crippen molar-refractivity contribution >= 4 is 17.2 Å². The Morgan fingerprint density at radius 2 is 2.42 bits per heavy atom. The molecule has 3 nitrogen and oxygen atoms in total. The van der Waals surface area contributed by atoms with Crippen LogP contribution in [0.5, 0.6) is 0 Å². The molecule has 2 N–H and O–H groups in total. The maximum absolute atomic E-state index is 5.50. The van der Waals surface area contributed by atoms with E-state index < -0.39 is 0 Å². The Kier molecular flexibility index (Phi) is 1.62. The number of rotatable bonds is 1. The van der Waals surface area contributed by atoms with Crippen molar-refractivity contribution in [3.05, 3.63) is 23.5 Å². The summed E-state index contributed by atoms with van der Waals surface area (Å²) in [4.78, 5) is 4.15. The van der Waals surface area contributed by atoms with Crippen LogP contribution in [-0.4, -0.2) is 4.98 Å². The summed E-state index contributed by atoms with van der Waals surface area (Å²) in [7, 11) is 0. The van der Waals surface area contributed by atoms with Crippen LogP contribution >= 0.6 is 11.3 Å². The minimum atomic E-state index is 0.565. The van der Waals surface area contributed by atoms with Gasteiger partial charge in [0.15, 0.2) is 0 Å². The normalized spacial score (nSPS) is 10.4. The van der Waals surface area contributed by atoms with Gasteiger partial charge in [0.2, 0.25) is 0 Å². The first-order chi connectivity index (χ1) is 5.77. The van der Waals surface area contributed by atoms with Crippen molar-refractivity contribution in [2.45, 2.75) is 6.92 Å². The van der Waals surface area contributed by atoms with Crippen LogP contribution < -0.4 is 5.73 Å². The van der Waals surface area contributed by atoms with Gasteiger partial charge in [-0.25, -0.2) is 4.98 Å². The third kappa shape index (κ3) is 1.10. The van der Waals surface area contributed by atoms with Crippen LogP contribution in [0.1, 0.15) is 5.76 Å². The number of aryl methyl sites for hydroxylation is 1. The molecule has 0 saturated carbocycles. The monoisotopic (exact) mass is 180 g/mol. The highest BCUT2D eigenvalue weighted by atomic mass is 32.1. The first-order valence-corrected chi connectivity index (χ1v) is 4.41. The van der Waals surface area contributed by atoms with Crippen LogP contribution in [0.3, 0.4) is 0 Å². The number of hydrogen-bond donors (Lipinski definition) is 1. The number of aromatic nitrogens is 1. The van der Waals surface area contributed by atoms with Gasteiger partial charge in [0.1, 0.15) is 16.6 Å². The molecule has 2 rings (SSSR count). The quantitative estimate of drug-likeness (QED) is 0.732. The molecule has 0 radical (unpaired) electrons. The smallest absolute Gasteiger partial charge is 0.135 e. The summed E-state index contributed by atoms with van der Waals surface area (Å²) in [6.07, 6.45) is 1.66. The fourth-order valence-corrected chi connectivity index (χ4v) is 1.80. The number of thiazole rings is 1. The summed E-state index contributed by atoms with van der Waals surface area (Å²) >= 11 is 1.53. The molecule has 0 aliphatic carbocycles. The number of hydrogen-bond acceptors (Lipinski definition) is 4. The van der Waals surface area contributed by atoms with E-state index in [1.807, 2.05) is 18.4 Å².